The molecule has 0 radical (unpaired) electrons. The number of rotatable bonds is 1. The van der Waals surface area contributed by atoms with E-state index in [2.05, 4.69) is 0 Å². The number of hydrogen-bond donors (Lipinski definition) is 4. The number of amides is 2. The molecule has 0 unspecified atom stereocenters. The summed E-state index contributed by atoms with van der Waals surface area (Å²) in [6.45, 7) is 0. The van der Waals surface area contributed by atoms with Crippen molar-refractivity contribution in [1.82, 2.24) is 10.9 Å². The Morgan fingerprint density at radius 3 is 2.14 bits per heavy atom. The van der Waals surface area contributed by atoms with E-state index in [-0.39, 0.29) is 11.3 Å². The highest BCUT2D eigenvalue weighted by atomic mass is 16.4. The van der Waals surface area contributed by atoms with Gasteiger partial charge >= 0.3 is 6.09 Å². The standard InChI is InChI=1S/C8H8N2O4/c11-6-3-1-5(2-4-6)7(12)9-10-8(13)14/h1-4,10-11H,(H,9,12)(H,13,14). The molecule has 1 aromatic carbocycles. The Bertz CT molecular complexity index is 347. The van der Waals surface area contributed by atoms with E-state index in [0.29, 0.717) is 0 Å². The molecule has 2 amide bonds. The molecule has 14 heavy (non-hydrogen) atoms. The van der Waals surface area contributed by atoms with Gasteiger partial charge in [-0.15, -0.1) is 0 Å². The third-order valence-corrected chi connectivity index (χ3v) is 1.41. The van der Waals surface area contributed by atoms with Gasteiger partial charge < -0.3 is 10.2 Å². The Balaban J connectivity index is 2.61. The molecule has 0 atom stereocenters. The molecule has 0 saturated heterocycles. The zero-order valence-electron chi connectivity index (χ0n) is 7.02. The molecular formula is C8H8N2O4. The lowest BCUT2D eigenvalue weighted by Crippen LogP contribution is -2.40. The van der Waals surface area contributed by atoms with Crippen LogP contribution in [0.1, 0.15) is 10.4 Å². The number of aromatic hydroxyl groups is 1. The summed E-state index contributed by atoms with van der Waals surface area (Å²) in [6.07, 6.45) is -1.35. The lowest BCUT2D eigenvalue weighted by molar-refractivity contribution is 0.0926. The quantitative estimate of drug-likeness (QED) is 0.485. The van der Waals surface area contributed by atoms with Gasteiger partial charge in [-0.1, -0.05) is 0 Å². The second-order valence-corrected chi connectivity index (χ2v) is 2.43. The molecule has 0 aliphatic rings. The molecule has 1 rings (SSSR count). The number of carbonyl (C=O) groups excluding carboxylic acids is 1. The number of phenolic OH excluding ortho intramolecular Hbond substituents is 1. The highest BCUT2D eigenvalue weighted by Gasteiger charge is 2.05. The van der Waals surface area contributed by atoms with E-state index >= 15 is 0 Å². The van der Waals surface area contributed by atoms with Crippen molar-refractivity contribution in [1.29, 1.82) is 0 Å². The average Bonchev–Trinajstić information content (AvgIpc) is 2.15. The molecule has 0 aliphatic heterocycles. The Hall–Kier alpha value is -2.24. The van der Waals surface area contributed by atoms with Crippen molar-refractivity contribution in [3.8, 4) is 5.75 Å². The van der Waals surface area contributed by atoms with Crippen LogP contribution in [0, 0.1) is 0 Å². The van der Waals surface area contributed by atoms with E-state index in [1.54, 1.807) is 5.43 Å². The van der Waals surface area contributed by atoms with Crippen LogP contribution in [0.4, 0.5) is 4.79 Å². The summed E-state index contributed by atoms with van der Waals surface area (Å²) >= 11 is 0. The maximum absolute atomic E-state index is 11.1. The largest absolute Gasteiger partial charge is 0.508 e. The predicted molar refractivity (Wildman–Crippen MR) is 46.7 cm³/mol. The molecule has 0 aromatic heterocycles. The van der Waals surface area contributed by atoms with Gasteiger partial charge in [-0.2, -0.15) is 0 Å². The summed E-state index contributed by atoms with van der Waals surface area (Å²) < 4.78 is 0. The van der Waals surface area contributed by atoms with Crippen molar-refractivity contribution in [3.63, 3.8) is 0 Å². The molecule has 6 nitrogen and oxygen atoms in total. The highest BCUT2D eigenvalue weighted by molar-refractivity contribution is 5.94. The first-order chi connectivity index (χ1) is 6.59. The molecule has 0 heterocycles. The first kappa shape index (κ1) is 9.85. The smallest absolute Gasteiger partial charge is 0.423 e. The normalized spacial score (nSPS) is 9.14. The number of carbonyl (C=O) groups is 2. The number of carboxylic acid groups (broad SMARTS) is 1. The SMILES string of the molecule is O=C(O)NNC(=O)c1ccc(O)cc1. The molecule has 0 saturated carbocycles. The van der Waals surface area contributed by atoms with Crippen molar-refractivity contribution in [2.24, 2.45) is 0 Å². The third kappa shape index (κ3) is 2.67. The first-order valence-corrected chi connectivity index (χ1v) is 3.68. The van der Waals surface area contributed by atoms with E-state index < -0.39 is 12.0 Å². The van der Waals surface area contributed by atoms with Gasteiger partial charge in [0.2, 0.25) is 0 Å². The predicted octanol–water partition coefficient (Wildman–Crippen LogP) is 0.305. The zero-order chi connectivity index (χ0) is 10.6. The summed E-state index contributed by atoms with van der Waals surface area (Å²) in [5.74, 6) is -0.555. The third-order valence-electron chi connectivity index (χ3n) is 1.41. The van der Waals surface area contributed by atoms with Gasteiger partial charge in [-0.3, -0.25) is 10.2 Å². The van der Waals surface area contributed by atoms with Crippen LogP contribution >= 0.6 is 0 Å². The highest BCUT2D eigenvalue weighted by Crippen LogP contribution is 2.08. The van der Waals surface area contributed by atoms with Crippen LogP contribution in [-0.2, 0) is 0 Å². The first-order valence-electron chi connectivity index (χ1n) is 3.68. The van der Waals surface area contributed by atoms with E-state index in [9.17, 15) is 9.59 Å². The molecule has 74 valence electrons. The van der Waals surface area contributed by atoms with Crippen molar-refractivity contribution < 1.29 is 19.8 Å². The van der Waals surface area contributed by atoms with Crippen LogP contribution in [0.3, 0.4) is 0 Å². The van der Waals surface area contributed by atoms with Crippen molar-refractivity contribution in [2.45, 2.75) is 0 Å². The Morgan fingerprint density at radius 2 is 1.64 bits per heavy atom. The molecular weight excluding hydrogens is 188 g/mol. The lowest BCUT2D eigenvalue weighted by atomic mass is 10.2. The number of phenols is 1. The van der Waals surface area contributed by atoms with Crippen molar-refractivity contribution in [2.75, 3.05) is 0 Å². The minimum absolute atomic E-state index is 0.0349. The van der Waals surface area contributed by atoms with Crippen LogP contribution < -0.4 is 10.9 Å². The maximum Gasteiger partial charge on any atom is 0.423 e. The molecule has 0 spiro atoms. The fourth-order valence-corrected chi connectivity index (χ4v) is 0.795. The Morgan fingerprint density at radius 1 is 1.07 bits per heavy atom. The van der Waals surface area contributed by atoms with Crippen molar-refractivity contribution in [3.05, 3.63) is 29.8 Å². The fourth-order valence-electron chi connectivity index (χ4n) is 0.795. The minimum Gasteiger partial charge on any atom is -0.508 e. The number of hydrogen-bond acceptors (Lipinski definition) is 3. The van der Waals surface area contributed by atoms with Crippen LogP contribution in [0.2, 0.25) is 0 Å². The van der Waals surface area contributed by atoms with Gasteiger partial charge in [-0.25, -0.2) is 10.2 Å². The van der Waals surface area contributed by atoms with Crippen LogP contribution in [0.5, 0.6) is 5.75 Å². The van der Waals surface area contributed by atoms with Gasteiger partial charge in [-0.05, 0) is 24.3 Å². The van der Waals surface area contributed by atoms with Gasteiger partial charge in [0, 0.05) is 5.56 Å². The summed E-state index contributed by atoms with van der Waals surface area (Å²) in [5, 5.41) is 17.1. The van der Waals surface area contributed by atoms with Crippen molar-refractivity contribution >= 4 is 12.0 Å². The molecule has 6 heteroatoms. The van der Waals surface area contributed by atoms with Crippen LogP contribution in [-0.4, -0.2) is 22.2 Å². The van der Waals surface area contributed by atoms with Gasteiger partial charge in [0.15, 0.2) is 0 Å². The zero-order valence-corrected chi connectivity index (χ0v) is 7.02. The Kier molecular flexibility index (Phi) is 2.90. The summed E-state index contributed by atoms with van der Waals surface area (Å²) in [4.78, 5) is 21.2. The van der Waals surface area contributed by atoms with E-state index in [1.807, 2.05) is 5.43 Å². The lowest BCUT2D eigenvalue weighted by Gasteiger charge is -2.03. The van der Waals surface area contributed by atoms with Gasteiger partial charge in [0.25, 0.3) is 5.91 Å². The van der Waals surface area contributed by atoms with E-state index in [1.165, 1.54) is 24.3 Å². The maximum atomic E-state index is 11.1. The summed E-state index contributed by atoms with van der Waals surface area (Å²) in [7, 11) is 0. The Labute approximate surface area is 79.1 Å². The average molecular weight is 196 g/mol. The topological polar surface area (TPSA) is 98.7 Å². The number of hydrazine groups is 1. The number of benzene rings is 1. The van der Waals surface area contributed by atoms with E-state index in [0.717, 1.165) is 0 Å². The summed E-state index contributed by atoms with van der Waals surface area (Å²) in [5.41, 5.74) is 3.91. The molecule has 0 aliphatic carbocycles. The van der Waals surface area contributed by atoms with Crippen LogP contribution in [0.25, 0.3) is 0 Å². The fraction of sp³-hybridized carbons (Fsp3) is 0. The van der Waals surface area contributed by atoms with Gasteiger partial charge in [0.1, 0.15) is 5.75 Å². The minimum atomic E-state index is -1.35. The second-order valence-electron chi connectivity index (χ2n) is 2.43. The monoisotopic (exact) mass is 196 g/mol. The molecule has 4 N–H and O–H groups in total. The summed E-state index contributed by atoms with van der Waals surface area (Å²) in [6, 6.07) is 5.40. The second kappa shape index (κ2) is 4.13. The molecule has 0 fully saturated rings. The number of nitrogens with one attached hydrogen (secondary N) is 2. The molecule has 1 aromatic rings. The van der Waals surface area contributed by atoms with E-state index in [4.69, 9.17) is 10.2 Å². The van der Waals surface area contributed by atoms with Gasteiger partial charge in [0.05, 0.1) is 0 Å². The van der Waals surface area contributed by atoms with Crippen LogP contribution in [0.15, 0.2) is 24.3 Å². The molecule has 0 bridgehead atoms.